The third-order valence-corrected chi connectivity index (χ3v) is 4.33. The Bertz CT molecular complexity index is 677. The van der Waals surface area contributed by atoms with Crippen LogP contribution in [0.4, 0.5) is 0 Å². The van der Waals surface area contributed by atoms with Crippen molar-refractivity contribution in [3.8, 4) is 11.5 Å². The van der Waals surface area contributed by atoms with E-state index < -0.39 is 0 Å². The van der Waals surface area contributed by atoms with Gasteiger partial charge >= 0.3 is 0 Å². The maximum absolute atomic E-state index is 5.85. The maximum Gasteiger partial charge on any atom is 0.130 e. The second kappa shape index (κ2) is 7.24. The van der Waals surface area contributed by atoms with Crippen molar-refractivity contribution in [1.82, 2.24) is 0 Å². The van der Waals surface area contributed by atoms with Crippen molar-refractivity contribution >= 4 is 49.1 Å². The van der Waals surface area contributed by atoms with Gasteiger partial charge in [-0.3, -0.25) is 0 Å². The van der Waals surface area contributed by atoms with Gasteiger partial charge in [-0.2, -0.15) is 0 Å². The lowest BCUT2D eigenvalue weighted by atomic mass is 10.2. The van der Waals surface area contributed by atoms with Crippen molar-refractivity contribution in [2.24, 2.45) is 5.73 Å². The molecule has 0 bridgehead atoms. The Kier molecular flexibility index (Phi) is 5.61. The molecule has 0 aromatic heterocycles. The highest BCUT2D eigenvalue weighted by atomic mass is 79.9. The Labute approximate surface area is 145 Å². The van der Waals surface area contributed by atoms with Crippen LogP contribution in [-0.2, 0) is 6.61 Å². The van der Waals surface area contributed by atoms with Gasteiger partial charge in [0.2, 0.25) is 0 Å². The first-order valence-corrected chi connectivity index (χ1v) is 8.05. The molecule has 110 valence electrons. The number of rotatable bonds is 5. The minimum absolute atomic E-state index is 0.302. The van der Waals surface area contributed by atoms with Gasteiger partial charge in [0.15, 0.2) is 0 Å². The van der Waals surface area contributed by atoms with E-state index in [1.54, 1.807) is 7.11 Å². The van der Waals surface area contributed by atoms with Crippen molar-refractivity contribution in [2.75, 3.05) is 7.11 Å². The molecular formula is C15H13Br2NO2S. The Morgan fingerprint density at radius 3 is 2.62 bits per heavy atom. The lowest BCUT2D eigenvalue weighted by molar-refractivity contribution is 0.304. The molecule has 0 atom stereocenters. The van der Waals surface area contributed by atoms with E-state index in [4.69, 9.17) is 27.4 Å². The summed E-state index contributed by atoms with van der Waals surface area (Å²) < 4.78 is 12.9. The van der Waals surface area contributed by atoms with Crippen LogP contribution in [0.1, 0.15) is 11.1 Å². The number of benzene rings is 2. The zero-order valence-corrected chi connectivity index (χ0v) is 15.2. The van der Waals surface area contributed by atoms with E-state index in [0.717, 1.165) is 20.3 Å². The molecule has 0 aliphatic carbocycles. The minimum atomic E-state index is 0.302. The fraction of sp³-hybridized carbons (Fsp3) is 0.133. The zero-order chi connectivity index (χ0) is 15.4. The number of nitrogens with two attached hydrogens (primary N) is 1. The first kappa shape index (κ1) is 16.3. The first-order chi connectivity index (χ1) is 10.0. The fourth-order valence-electron chi connectivity index (χ4n) is 1.76. The van der Waals surface area contributed by atoms with Gasteiger partial charge in [0.1, 0.15) is 23.1 Å². The molecule has 0 fully saturated rings. The normalized spacial score (nSPS) is 10.2. The van der Waals surface area contributed by atoms with Crippen LogP contribution in [0.25, 0.3) is 0 Å². The van der Waals surface area contributed by atoms with Crippen LogP contribution in [0.15, 0.2) is 45.3 Å². The third-order valence-electron chi connectivity index (χ3n) is 2.84. The number of hydrogen-bond donors (Lipinski definition) is 1. The highest BCUT2D eigenvalue weighted by Gasteiger charge is 2.09. The van der Waals surface area contributed by atoms with E-state index in [2.05, 4.69) is 31.9 Å². The zero-order valence-electron chi connectivity index (χ0n) is 11.2. The number of ether oxygens (including phenoxy) is 2. The molecule has 6 heteroatoms. The summed E-state index contributed by atoms with van der Waals surface area (Å²) in [4.78, 5) is 0.302. The van der Waals surface area contributed by atoms with Crippen LogP contribution in [0.5, 0.6) is 11.5 Å². The average Bonchev–Trinajstić information content (AvgIpc) is 2.47. The summed E-state index contributed by atoms with van der Waals surface area (Å²) in [7, 11) is 1.63. The molecule has 2 N–H and O–H groups in total. The van der Waals surface area contributed by atoms with Gasteiger partial charge in [-0.15, -0.1) is 0 Å². The highest BCUT2D eigenvalue weighted by molar-refractivity contribution is 9.10. The molecule has 21 heavy (non-hydrogen) atoms. The molecule has 0 aliphatic heterocycles. The summed E-state index contributed by atoms with van der Waals surface area (Å²) in [6, 6.07) is 11.3. The predicted molar refractivity (Wildman–Crippen MR) is 95.1 cm³/mol. The lowest BCUT2D eigenvalue weighted by Gasteiger charge is -2.13. The SMILES string of the molecule is COc1ccc(Br)c(COc2ccc(Br)cc2C(N)=S)c1. The van der Waals surface area contributed by atoms with Gasteiger partial charge < -0.3 is 15.2 Å². The largest absolute Gasteiger partial charge is 0.497 e. The number of hydrogen-bond acceptors (Lipinski definition) is 3. The van der Waals surface area contributed by atoms with Crippen molar-refractivity contribution in [3.63, 3.8) is 0 Å². The molecule has 0 aliphatic rings. The quantitative estimate of drug-likeness (QED) is 0.712. The number of methoxy groups -OCH3 is 1. The molecule has 2 aromatic rings. The monoisotopic (exact) mass is 429 g/mol. The van der Waals surface area contributed by atoms with Crippen LogP contribution in [0.2, 0.25) is 0 Å². The van der Waals surface area contributed by atoms with E-state index in [1.165, 1.54) is 0 Å². The van der Waals surface area contributed by atoms with Crippen LogP contribution < -0.4 is 15.2 Å². The average molecular weight is 431 g/mol. The van der Waals surface area contributed by atoms with E-state index in [1.807, 2.05) is 36.4 Å². The van der Waals surface area contributed by atoms with Crippen LogP contribution in [-0.4, -0.2) is 12.1 Å². The van der Waals surface area contributed by atoms with Crippen molar-refractivity contribution in [3.05, 3.63) is 56.5 Å². The fourth-order valence-corrected chi connectivity index (χ4v) is 2.65. The molecular weight excluding hydrogens is 418 g/mol. The second-order valence-electron chi connectivity index (χ2n) is 4.25. The van der Waals surface area contributed by atoms with Crippen LogP contribution in [0, 0.1) is 0 Å². The van der Waals surface area contributed by atoms with Gasteiger partial charge in [-0.05, 0) is 36.4 Å². The van der Waals surface area contributed by atoms with Crippen molar-refractivity contribution in [2.45, 2.75) is 6.61 Å². The smallest absolute Gasteiger partial charge is 0.130 e. The van der Waals surface area contributed by atoms with Gasteiger partial charge in [-0.25, -0.2) is 0 Å². The van der Waals surface area contributed by atoms with Crippen LogP contribution >= 0.6 is 44.1 Å². The van der Waals surface area contributed by atoms with Gasteiger partial charge in [0.25, 0.3) is 0 Å². The van der Waals surface area contributed by atoms with E-state index in [0.29, 0.717) is 22.9 Å². The third kappa shape index (κ3) is 4.18. The molecule has 0 saturated carbocycles. The molecule has 0 spiro atoms. The summed E-state index contributed by atoms with van der Waals surface area (Å²) >= 11 is 11.9. The summed E-state index contributed by atoms with van der Waals surface area (Å²) in [6.45, 7) is 0.384. The van der Waals surface area contributed by atoms with Crippen LogP contribution in [0.3, 0.4) is 0 Å². The van der Waals surface area contributed by atoms with Gasteiger partial charge in [0.05, 0.1) is 12.7 Å². The van der Waals surface area contributed by atoms with Crippen molar-refractivity contribution in [1.29, 1.82) is 0 Å². The predicted octanol–water partition coefficient (Wildman–Crippen LogP) is 4.43. The maximum atomic E-state index is 5.85. The van der Waals surface area contributed by atoms with E-state index in [9.17, 15) is 0 Å². The lowest BCUT2D eigenvalue weighted by Crippen LogP contribution is -2.12. The minimum Gasteiger partial charge on any atom is -0.497 e. The van der Waals surface area contributed by atoms with Crippen molar-refractivity contribution < 1.29 is 9.47 Å². The molecule has 0 amide bonds. The molecule has 2 aromatic carbocycles. The van der Waals surface area contributed by atoms with E-state index >= 15 is 0 Å². The summed E-state index contributed by atoms with van der Waals surface area (Å²) in [5, 5.41) is 0. The summed E-state index contributed by atoms with van der Waals surface area (Å²) in [5.74, 6) is 1.43. The molecule has 0 heterocycles. The van der Waals surface area contributed by atoms with Gasteiger partial charge in [-0.1, -0.05) is 44.1 Å². The summed E-state index contributed by atoms with van der Waals surface area (Å²) in [6.07, 6.45) is 0. The molecule has 0 radical (unpaired) electrons. The Morgan fingerprint density at radius 1 is 1.19 bits per heavy atom. The number of halogens is 2. The Balaban J connectivity index is 2.22. The standard InChI is InChI=1S/C15H13Br2NO2S/c1-19-11-3-4-13(17)9(6-11)8-20-14-5-2-10(16)7-12(14)15(18)21/h2-7H,8H2,1H3,(H2,18,21). The Hall–Kier alpha value is -1.11. The van der Waals surface area contributed by atoms with Gasteiger partial charge in [0, 0.05) is 14.5 Å². The topological polar surface area (TPSA) is 44.5 Å². The molecule has 2 rings (SSSR count). The Morgan fingerprint density at radius 2 is 1.95 bits per heavy atom. The second-order valence-corrected chi connectivity index (χ2v) is 6.46. The summed E-state index contributed by atoms with van der Waals surface area (Å²) in [5.41, 5.74) is 7.41. The van der Waals surface area contributed by atoms with E-state index in [-0.39, 0.29) is 0 Å². The molecule has 3 nitrogen and oxygen atoms in total. The molecule has 0 saturated heterocycles. The molecule has 0 unspecified atom stereocenters. The highest BCUT2D eigenvalue weighted by Crippen LogP contribution is 2.27. The first-order valence-electron chi connectivity index (χ1n) is 6.06. The number of thiocarbonyl (C=S) groups is 1.